The lowest BCUT2D eigenvalue weighted by atomic mass is 10.2. The summed E-state index contributed by atoms with van der Waals surface area (Å²) in [5.74, 6) is 2.37. The topological polar surface area (TPSA) is 50.7 Å². The first kappa shape index (κ1) is 13.9. The average Bonchev–Trinajstić information content (AvgIpc) is 3.04. The monoisotopic (exact) mass is 306 g/mol. The molecule has 1 aliphatic heterocycles. The standard InChI is InChI=1S/C14H18N4O2S/c1-19-12-5-3-11(4-6-12)17-7-9-18(10-8-17)13-14(20-2)16-21-15-13/h3-6H,7-10H2,1-2H3. The summed E-state index contributed by atoms with van der Waals surface area (Å²) in [5.41, 5.74) is 1.22. The van der Waals surface area contributed by atoms with E-state index in [-0.39, 0.29) is 0 Å². The lowest BCUT2D eigenvalue weighted by molar-refractivity contribution is 0.400. The third kappa shape index (κ3) is 2.87. The molecule has 3 rings (SSSR count). The van der Waals surface area contributed by atoms with Crippen LogP contribution in [-0.4, -0.2) is 49.1 Å². The number of hydrogen-bond acceptors (Lipinski definition) is 7. The van der Waals surface area contributed by atoms with E-state index in [2.05, 4.69) is 30.7 Å². The zero-order valence-electron chi connectivity index (χ0n) is 12.2. The molecule has 1 aromatic heterocycles. The minimum Gasteiger partial charge on any atom is -0.497 e. The van der Waals surface area contributed by atoms with Gasteiger partial charge in [0.1, 0.15) is 5.75 Å². The van der Waals surface area contributed by atoms with Crippen molar-refractivity contribution in [3.63, 3.8) is 0 Å². The average molecular weight is 306 g/mol. The molecule has 0 atom stereocenters. The van der Waals surface area contributed by atoms with Gasteiger partial charge < -0.3 is 19.3 Å². The summed E-state index contributed by atoms with van der Waals surface area (Å²) in [6, 6.07) is 8.18. The summed E-state index contributed by atoms with van der Waals surface area (Å²) in [6.07, 6.45) is 0. The van der Waals surface area contributed by atoms with Crippen LogP contribution in [0.25, 0.3) is 0 Å². The second-order valence-electron chi connectivity index (χ2n) is 4.77. The summed E-state index contributed by atoms with van der Waals surface area (Å²) in [4.78, 5) is 4.59. The van der Waals surface area contributed by atoms with E-state index in [1.54, 1.807) is 14.2 Å². The van der Waals surface area contributed by atoms with Crippen LogP contribution in [0.2, 0.25) is 0 Å². The Kier molecular flexibility index (Phi) is 4.10. The van der Waals surface area contributed by atoms with Gasteiger partial charge in [0.2, 0.25) is 5.82 Å². The normalized spacial score (nSPS) is 15.1. The molecule has 0 radical (unpaired) electrons. The number of piperazine rings is 1. The van der Waals surface area contributed by atoms with Gasteiger partial charge >= 0.3 is 0 Å². The van der Waals surface area contributed by atoms with Crippen molar-refractivity contribution in [2.45, 2.75) is 0 Å². The summed E-state index contributed by atoms with van der Waals surface area (Å²) in [6.45, 7) is 3.72. The molecule has 0 amide bonds. The van der Waals surface area contributed by atoms with Crippen molar-refractivity contribution in [3.8, 4) is 11.6 Å². The summed E-state index contributed by atoms with van der Waals surface area (Å²) in [5, 5.41) is 0. The lowest BCUT2D eigenvalue weighted by Gasteiger charge is -2.36. The minimum atomic E-state index is 0.623. The van der Waals surface area contributed by atoms with Gasteiger partial charge in [-0.05, 0) is 24.3 Å². The molecule has 2 heterocycles. The highest BCUT2D eigenvalue weighted by Gasteiger charge is 2.22. The largest absolute Gasteiger partial charge is 0.497 e. The second kappa shape index (κ2) is 6.17. The van der Waals surface area contributed by atoms with Crippen molar-refractivity contribution in [2.24, 2.45) is 0 Å². The van der Waals surface area contributed by atoms with Gasteiger partial charge in [0.25, 0.3) is 5.88 Å². The molecule has 1 aromatic carbocycles. The molecule has 0 N–H and O–H groups in total. The number of hydrogen-bond donors (Lipinski definition) is 0. The maximum absolute atomic E-state index is 5.24. The molecule has 112 valence electrons. The van der Waals surface area contributed by atoms with E-state index >= 15 is 0 Å². The van der Waals surface area contributed by atoms with Gasteiger partial charge in [-0.15, -0.1) is 4.37 Å². The van der Waals surface area contributed by atoms with Crippen LogP contribution >= 0.6 is 11.7 Å². The number of anilines is 2. The van der Waals surface area contributed by atoms with E-state index in [4.69, 9.17) is 9.47 Å². The van der Waals surface area contributed by atoms with Crippen molar-refractivity contribution >= 4 is 23.2 Å². The SMILES string of the molecule is COc1ccc(N2CCN(c3nsnc3OC)CC2)cc1. The van der Waals surface area contributed by atoms with E-state index in [1.165, 1.54) is 17.4 Å². The number of aromatic nitrogens is 2. The molecule has 7 heteroatoms. The molecule has 0 unspecified atom stereocenters. The highest BCUT2D eigenvalue weighted by molar-refractivity contribution is 6.99. The fraction of sp³-hybridized carbons (Fsp3) is 0.429. The third-order valence-electron chi connectivity index (χ3n) is 3.65. The van der Waals surface area contributed by atoms with Gasteiger partial charge in [-0.3, -0.25) is 0 Å². The second-order valence-corrected chi connectivity index (χ2v) is 5.30. The van der Waals surface area contributed by atoms with Gasteiger partial charge in [-0.25, -0.2) is 0 Å². The van der Waals surface area contributed by atoms with E-state index < -0.39 is 0 Å². The predicted octanol–water partition coefficient (Wildman–Crippen LogP) is 1.88. The molecule has 6 nitrogen and oxygen atoms in total. The molecule has 1 fully saturated rings. The van der Waals surface area contributed by atoms with E-state index in [9.17, 15) is 0 Å². The van der Waals surface area contributed by atoms with Crippen LogP contribution in [0.3, 0.4) is 0 Å². The highest BCUT2D eigenvalue weighted by Crippen LogP contribution is 2.27. The smallest absolute Gasteiger partial charge is 0.270 e. The molecule has 0 spiro atoms. The van der Waals surface area contributed by atoms with Crippen molar-refractivity contribution in [2.75, 3.05) is 50.2 Å². The van der Waals surface area contributed by atoms with Crippen LogP contribution in [0.15, 0.2) is 24.3 Å². The minimum absolute atomic E-state index is 0.623. The van der Waals surface area contributed by atoms with E-state index in [0.717, 1.165) is 37.7 Å². The Morgan fingerprint density at radius 1 is 0.905 bits per heavy atom. The molecule has 1 aliphatic rings. The quantitative estimate of drug-likeness (QED) is 0.860. The van der Waals surface area contributed by atoms with E-state index in [1.807, 2.05) is 12.1 Å². The van der Waals surface area contributed by atoms with Crippen molar-refractivity contribution in [3.05, 3.63) is 24.3 Å². The Hall–Kier alpha value is -2.02. The van der Waals surface area contributed by atoms with Gasteiger partial charge in [-0.1, -0.05) is 0 Å². The molecule has 0 saturated carbocycles. The molecule has 0 aliphatic carbocycles. The Morgan fingerprint density at radius 3 is 2.19 bits per heavy atom. The zero-order chi connectivity index (χ0) is 14.7. The number of methoxy groups -OCH3 is 2. The fourth-order valence-electron chi connectivity index (χ4n) is 2.47. The number of ether oxygens (including phenoxy) is 2. The van der Waals surface area contributed by atoms with Crippen molar-refractivity contribution in [1.29, 1.82) is 0 Å². The Labute approximate surface area is 128 Å². The maximum atomic E-state index is 5.24. The highest BCUT2D eigenvalue weighted by atomic mass is 32.1. The molecular formula is C14H18N4O2S. The van der Waals surface area contributed by atoms with Gasteiger partial charge in [0.15, 0.2) is 0 Å². The fourth-order valence-corrected chi connectivity index (χ4v) is 3.01. The molecular weight excluding hydrogens is 288 g/mol. The summed E-state index contributed by atoms with van der Waals surface area (Å²) in [7, 11) is 3.32. The summed E-state index contributed by atoms with van der Waals surface area (Å²) < 4.78 is 18.9. The van der Waals surface area contributed by atoms with Gasteiger partial charge in [0.05, 0.1) is 25.9 Å². The molecule has 0 bridgehead atoms. The Morgan fingerprint density at radius 2 is 1.57 bits per heavy atom. The number of benzene rings is 1. The Balaban J connectivity index is 1.64. The lowest BCUT2D eigenvalue weighted by Crippen LogP contribution is -2.46. The van der Waals surface area contributed by atoms with Crippen LogP contribution < -0.4 is 19.3 Å². The first-order valence-electron chi connectivity index (χ1n) is 6.82. The van der Waals surface area contributed by atoms with Crippen LogP contribution in [0.4, 0.5) is 11.5 Å². The van der Waals surface area contributed by atoms with Gasteiger partial charge in [0, 0.05) is 31.9 Å². The predicted molar refractivity (Wildman–Crippen MR) is 83.9 cm³/mol. The number of rotatable bonds is 4. The van der Waals surface area contributed by atoms with Crippen LogP contribution in [0, 0.1) is 0 Å². The van der Waals surface area contributed by atoms with Crippen molar-refractivity contribution < 1.29 is 9.47 Å². The first-order valence-corrected chi connectivity index (χ1v) is 7.55. The van der Waals surface area contributed by atoms with Crippen LogP contribution in [0.1, 0.15) is 0 Å². The molecule has 21 heavy (non-hydrogen) atoms. The van der Waals surface area contributed by atoms with Crippen molar-refractivity contribution in [1.82, 2.24) is 8.75 Å². The number of nitrogens with zero attached hydrogens (tertiary/aromatic N) is 4. The molecule has 1 saturated heterocycles. The van der Waals surface area contributed by atoms with Gasteiger partial charge in [-0.2, -0.15) is 4.37 Å². The van der Waals surface area contributed by atoms with Crippen LogP contribution in [0.5, 0.6) is 11.6 Å². The molecule has 2 aromatic rings. The van der Waals surface area contributed by atoms with E-state index in [0.29, 0.717) is 5.88 Å². The Bertz CT molecular complexity index is 579. The van der Waals surface area contributed by atoms with Crippen LogP contribution in [-0.2, 0) is 0 Å². The third-order valence-corrected chi connectivity index (χ3v) is 4.15. The first-order chi connectivity index (χ1) is 10.3. The summed E-state index contributed by atoms with van der Waals surface area (Å²) >= 11 is 1.19. The maximum Gasteiger partial charge on any atom is 0.270 e. The zero-order valence-corrected chi connectivity index (χ0v) is 13.0.